The van der Waals surface area contributed by atoms with Gasteiger partial charge in [-0.3, -0.25) is 0 Å². The summed E-state index contributed by atoms with van der Waals surface area (Å²) in [5, 5.41) is 18.6. The van der Waals surface area contributed by atoms with E-state index in [1.54, 1.807) is 29.1 Å². The molecule has 0 unspecified atom stereocenters. The first-order chi connectivity index (χ1) is 7.74. The topological polar surface area (TPSA) is 49.0 Å². The number of halogens is 1. The van der Waals surface area contributed by atoms with E-state index < -0.39 is 0 Å². The predicted octanol–water partition coefficient (Wildman–Crippen LogP) is 2.63. The largest absolute Gasteiger partial charge is 0.376 e. The van der Waals surface area contributed by atoms with Gasteiger partial charge in [0.05, 0.1) is 5.56 Å². The molecule has 0 fully saturated rings. The first-order valence-corrected chi connectivity index (χ1v) is 5.09. The van der Waals surface area contributed by atoms with E-state index in [9.17, 15) is 0 Å². The van der Waals surface area contributed by atoms with Gasteiger partial charge in [0.15, 0.2) is 0 Å². The van der Waals surface area contributed by atoms with Crippen LogP contribution >= 0.6 is 11.6 Å². The van der Waals surface area contributed by atoms with Gasteiger partial charge in [0.2, 0.25) is 0 Å². The molecule has 0 saturated heterocycles. The van der Waals surface area contributed by atoms with Gasteiger partial charge in [0.25, 0.3) is 0 Å². The quantitative estimate of drug-likeness (QED) is 0.865. The monoisotopic (exact) mass is 232 g/mol. The maximum absolute atomic E-state index is 9.00. The molecular formula is C12H9ClN2O. The van der Waals surface area contributed by atoms with Crippen LogP contribution in [0, 0.1) is 11.3 Å². The standard InChI is InChI=1S/C12H9ClN2O/c13-11-3-1-2-9(4-11)12-7-15(8-16)6-10(12)5-14/h1-4,6-7,16H,8H2. The number of hydrogen-bond acceptors (Lipinski definition) is 2. The van der Waals surface area contributed by atoms with Crippen LogP contribution in [-0.4, -0.2) is 9.67 Å². The van der Waals surface area contributed by atoms with Crippen LogP contribution in [0.4, 0.5) is 0 Å². The van der Waals surface area contributed by atoms with Crippen molar-refractivity contribution < 1.29 is 5.11 Å². The van der Waals surface area contributed by atoms with Gasteiger partial charge in [-0.15, -0.1) is 0 Å². The normalized spacial score (nSPS) is 10.1. The number of nitrogens with zero attached hydrogens (tertiary/aromatic N) is 2. The van der Waals surface area contributed by atoms with Crippen molar-refractivity contribution in [2.75, 3.05) is 0 Å². The van der Waals surface area contributed by atoms with Gasteiger partial charge in [0.1, 0.15) is 12.8 Å². The van der Waals surface area contributed by atoms with Crippen LogP contribution in [0.3, 0.4) is 0 Å². The number of aliphatic hydroxyl groups is 1. The summed E-state index contributed by atoms with van der Waals surface area (Å²) in [4.78, 5) is 0. The van der Waals surface area contributed by atoms with Crippen molar-refractivity contribution in [3.05, 3.63) is 47.2 Å². The van der Waals surface area contributed by atoms with E-state index in [0.29, 0.717) is 10.6 Å². The van der Waals surface area contributed by atoms with E-state index in [1.807, 2.05) is 12.1 Å². The second kappa shape index (κ2) is 4.40. The Hall–Kier alpha value is -1.76. The predicted molar refractivity (Wildman–Crippen MR) is 61.8 cm³/mol. The van der Waals surface area contributed by atoms with Crippen LogP contribution in [0.1, 0.15) is 5.56 Å². The molecule has 0 aliphatic heterocycles. The van der Waals surface area contributed by atoms with Crippen molar-refractivity contribution in [1.82, 2.24) is 4.57 Å². The van der Waals surface area contributed by atoms with Gasteiger partial charge in [-0.1, -0.05) is 23.7 Å². The summed E-state index contributed by atoms with van der Waals surface area (Å²) < 4.78 is 1.55. The van der Waals surface area contributed by atoms with E-state index in [4.69, 9.17) is 22.0 Å². The van der Waals surface area contributed by atoms with Crippen LogP contribution < -0.4 is 0 Å². The van der Waals surface area contributed by atoms with Gasteiger partial charge < -0.3 is 9.67 Å². The molecule has 0 bridgehead atoms. The van der Waals surface area contributed by atoms with Crippen molar-refractivity contribution in [2.24, 2.45) is 0 Å². The molecule has 0 saturated carbocycles. The summed E-state index contributed by atoms with van der Waals surface area (Å²) in [5.74, 6) is 0. The Morgan fingerprint density at radius 2 is 2.19 bits per heavy atom. The maximum Gasteiger partial charge on any atom is 0.119 e. The number of nitriles is 1. The van der Waals surface area contributed by atoms with Crippen molar-refractivity contribution in [1.29, 1.82) is 5.26 Å². The fraction of sp³-hybridized carbons (Fsp3) is 0.0833. The lowest BCUT2D eigenvalue weighted by Crippen LogP contribution is -1.90. The average molecular weight is 233 g/mol. The molecule has 0 spiro atoms. The first kappa shape index (κ1) is 10.7. The summed E-state index contributed by atoms with van der Waals surface area (Å²) in [6, 6.07) is 9.37. The molecule has 80 valence electrons. The van der Waals surface area contributed by atoms with E-state index in [0.717, 1.165) is 11.1 Å². The molecule has 0 radical (unpaired) electrons. The van der Waals surface area contributed by atoms with Crippen molar-refractivity contribution >= 4 is 11.6 Å². The van der Waals surface area contributed by atoms with Crippen molar-refractivity contribution in [3.63, 3.8) is 0 Å². The summed E-state index contributed by atoms with van der Waals surface area (Å²) in [7, 11) is 0. The zero-order valence-electron chi connectivity index (χ0n) is 8.39. The molecule has 2 rings (SSSR count). The highest BCUT2D eigenvalue weighted by Gasteiger charge is 2.08. The minimum atomic E-state index is -0.144. The summed E-state index contributed by atoms with van der Waals surface area (Å²) >= 11 is 5.89. The Morgan fingerprint density at radius 3 is 2.81 bits per heavy atom. The minimum absolute atomic E-state index is 0.144. The summed E-state index contributed by atoms with van der Waals surface area (Å²) in [6.45, 7) is -0.144. The second-order valence-corrected chi connectivity index (χ2v) is 3.80. The van der Waals surface area contributed by atoms with Crippen molar-refractivity contribution in [2.45, 2.75) is 6.73 Å². The van der Waals surface area contributed by atoms with Gasteiger partial charge >= 0.3 is 0 Å². The number of aliphatic hydroxyl groups excluding tert-OH is 1. The third kappa shape index (κ3) is 1.94. The second-order valence-electron chi connectivity index (χ2n) is 3.36. The SMILES string of the molecule is N#Cc1cn(CO)cc1-c1cccc(Cl)c1. The molecule has 3 nitrogen and oxygen atoms in total. The molecule has 2 aromatic rings. The summed E-state index contributed by atoms with van der Waals surface area (Å²) in [6.07, 6.45) is 3.33. The Morgan fingerprint density at radius 1 is 1.38 bits per heavy atom. The lowest BCUT2D eigenvalue weighted by Gasteiger charge is -1.99. The Balaban J connectivity index is 2.55. The fourth-order valence-corrected chi connectivity index (χ4v) is 1.76. The molecule has 1 heterocycles. The lowest BCUT2D eigenvalue weighted by molar-refractivity contribution is 0.211. The number of rotatable bonds is 2. The molecule has 0 amide bonds. The molecular weight excluding hydrogens is 224 g/mol. The van der Waals surface area contributed by atoms with Crippen molar-refractivity contribution in [3.8, 4) is 17.2 Å². The third-order valence-electron chi connectivity index (χ3n) is 2.30. The first-order valence-electron chi connectivity index (χ1n) is 4.71. The number of hydrogen-bond donors (Lipinski definition) is 1. The van der Waals surface area contributed by atoms with E-state index in [2.05, 4.69) is 6.07 Å². The average Bonchev–Trinajstić information content (AvgIpc) is 2.72. The fourth-order valence-electron chi connectivity index (χ4n) is 1.56. The number of benzene rings is 1. The maximum atomic E-state index is 9.00. The van der Waals surface area contributed by atoms with Crippen LogP contribution in [-0.2, 0) is 6.73 Å². The molecule has 0 atom stereocenters. The Kier molecular flexibility index (Phi) is 2.95. The Labute approximate surface area is 98.1 Å². The zero-order chi connectivity index (χ0) is 11.5. The van der Waals surface area contributed by atoms with Gasteiger partial charge in [0, 0.05) is 23.0 Å². The Bertz CT molecular complexity index is 554. The van der Waals surface area contributed by atoms with Gasteiger partial charge in [-0.05, 0) is 17.7 Å². The third-order valence-corrected chi connectivity index (χ3v) is 2.53. The van der Waals surface area contributed by atoms with E-state index >= 15 is 0 Å². The molecule has 0 aliphatic rings. The molecule has 1 aromatic carbocycles. The van der Waals surface area contributed by atoms with E-state index in [-0.39, 0.29) is 6.73 Å². The van der Waals surface area contributed by atoms with Gasteiger partial charge in [-0.2, -0.15) is 5.26 Å². The minimum Gasteiger partial charge on any atom is -0.376 e. The van der Waals surface area contributed by atoms with Gasteiger partial charge in [-0.25, -0.2) is 0 Å². The molecule has 0 aliphatic carbocycles. The highest BCUT2D eigenvalue weighted by Crippen LogP contribution is 2.26. The smallest absolute Gasteiger partial charge is 0.119 e. The number of aromatic nitrogens is 1. The molecule has 1 aromatic heterocycles. The zero-order valence-corrected chi connectivity index (χ0v) is 9.15. The molecule has 16 heavy (non-hydrogen) atoms. The summed E-state index contributed by atoms with van der Waals surface area (Å²) in [5.41, 5.74) is 2.17. The molecule has 1 N–H and O–H groups in total. The highest BCUT2D eigenvalue weighted by atomic mass is 35.5. The van der Waals surface area contributed by atoms with E-state index in [1.165, 1.54) is 0 Å². The van der Waals surface area contributed by atoms with Crippen LogP contribution in [0.15, 0.2) is 36.7 Å². The molecule has 4 heteroatoms. The highest BCUT2D eigenvalue weighted by molar-refractivity contribution is 6.30. The van der Waals surface area contributed by atoms with Crippen LogP contribution in [0.5, 0.6) is 0 Å². The lowest BCUT2D eigenvalue weighted by atomic mass is 10.1. The van der Waals surface area contributed by atoms with Crippen LogP contribution in [0.2, 0.25) is 5.02 Å². The van der Waals surface area contributed by atoms with Crippen LogP contribution in [0.25, 0.3) is 11.1 Å².